The van der Waals surface area contributed by atoms with E-state index in [1.807, 2.05) is 12.1 Å². The Balaban J connectivity index is 2.73. The lowest BCUT2D eigenvalue weighted by Crippen LogP contribution is -1.80. The molecular weight excluding hydrogens is 194 g/mol. The van der Waals surface area contributed by atoms with Gasteiger partial charge in [0, 0.05) is 10.4 Å². The minimum atomic E-state index is -0.0123. The van der Waals surface area contributed by atoms with Crippen LogP contribution in [-0.4, -0.2) is 9.48 Å². The van der Waals surface area contributed by atoms with Gasteiger partial charge in [-0.25, -0.2) is 0 Å². The quantitative estimate of drug-likeness (QED) is 0.766. The van der Waals surface area contributed by atoms with Crippen LogP contribution < -0.4 is 0 Å². The maximum Gasteiger partial charge on any atom is 0.0875 e. The fraction of sp³-hybridized carbons (Fsp3) is 0.125. The molecule has 0 spiro atoms. The first-order valence-electron chi connectivity index (χ1n) is 3.46. The van der Waals surface area contributed by atoms with Crippen molar-refractivity contribution >= 4 is 33.2 Å². The van der Waals surface area contributed by atoms with Crippen molar-refractivity contribution in [3.63, 3.8) is 0 Å². The lowest BCUT2D eigenvalue weighted by molar-refractivity contribution is 0.279. The third-order valence-corrected chi connectivity index (χ3v) is 2.74. The highest BCUT2D eigenvalue weighted by molar-refractivity contribution is 7.13. The number of rotatable bonds is 1. The summed E-state index contributed by atoms with van der Waals surface area (Å²) in [5.74, 6) is 0. The van der Waals surface area contributed by atoms with Crippen LogP contribution >= 0.6 is 23.1 Å². The van der Waals surface area contributed by atoms with Crippen LogP contribution in [0.3, 0.4) is 0 Å². The summed E-state index contributed by atoms with van der Waals surface area (Å²) in [5, 5.41) is 10.6. The predicted octanol–water partition coefficient (Wildman–Crippen LogP) is 2.44. The lowest BCUT2D eigenvalue weighted by atomic mass is 10.2. The molecule has 1 aromatic carbocycles. The second kappa shape index (κ2) is 3.01. The molecule has 0 unspecified atom stereocenters. The summed E-state index contributed by atoms with van der Waals surface area (Å²) in [6, 6.07) is 5.54. The third-order valence-electron chi connectivity index (χ3n) is 1.66. The summed E-state index contributed by atoms with van der Waals surface area (Å²) in [6.45, 7) is -0.0123. The predicted molar refractivity (Wildman–Crippen MR) is 50.6 cm³/mol. The largest absolute Gasteiger partial charge is 0.390 e. The molecule has 2 rings (SSSR count). The molecule has 0 saturated heterocycles. The summed E-state index contributed by atoms with van der Waals surface area (Å²) >= 11 is 7.15. The Morgan fingerprint density at radius 3 is 3.08 bits per heavy atom. The molecule has 0 aliphatic rings. The average molecular weight is 200 g/mol. The van der Waals surface area contributed by atoms with Gasteiger partial charge >= 0.3 is 0 Å². The van der Waals surface area contributed by atoms with Crippen molar-refractivity contribution < 1.29 is 5.11 Å². The van der Waals surface area contributed by atoms with Gasteiger partial charge in [-0.2, -0.15) is 4.37 Å². The average Bonchev–Trinajstić information content (AvgIpc) is 2.46. The highest BCUT2D eigenvalue weighted by Crippen LogP contribution is 2.25. The zero-order valence-corrected chi connectivity index (χ0v) is 7.69. The van der Waals surface area contributed by atoms with E-state index < -0.39 is 0 Å². The molecule has 2 nitrogen and oxygen atoms in total. The molecule has 0 fully saturated rings. The minimum absolute atomic E-state index is 0.0123. The summed E-state index contributed by atoms with van der Waals surface area (Å²) in [7, 11) is 0. The van der Waals surface area contributed by atoms with Crippen LogP contribution in [0.25, 0.3) is 10.1 Å². The van der Waals surface area contributed by atoms with Crippen LogP contribution in [0.4, 0.5) is 0 Å². The van der Waals surface area contributed by atoms with Gasteiger partial charge in [-0.3, -0.25) is 0 Å². The van der Waals surface area contributed by atoms with Crippen LogP contribution in [0, 0.1) is 0 Å². The molecule has 1 heterocycles. The van der Waals surface area contributed by atoms with E-state index in [0.717, 1.165) is 15.8 Å². The summed E-state index contributed by atoms with van der Waals surface area (Å²) in [6.07, 6.45) is 0. The topological polar surface area (TPSA) is 33.1 Å². The van der Waals surface area contributed by atoms with Crippen LogP contribution in [0.1, 0.15) is 5.69 Å². The lowest BCUT2D eigenvalue weighted by Gasteiger charge is -1.91. The first-order chi connectivity index (χ1) is 5.81. The maximum absolute atomic E-state index is 8.90. The first kappa shape index (κ1) is 7.98. The van der Waals surface area contributed by atoms with Crippen molar-refractivity contribution in [3.8, 4) is 0 Å². The minimum Gasteiger partial charge on any atom is -0.390 e. The molecule has 4 heteroatoms. The van der Waals surface area contributed by atoms with Crippen LogP contribution in [-0.2, 0) is 6.61 Å². The van der Waals surface area contributed by atoms with Crippen LogP contribution in [0.15, 0.2) is 18.2 Å². The summed E-state index contributed by atoms with van der Waals surface area (Å²) in [5.41, 5.74) is 0.728. The number of halogens is 1. The molecule has 0 radical (unpaired) electrons. The van der Waals surface area contributed by atoms with Gasteiger partial charge in [-0.05, 0) is 23.7 Å². The molecule has 0 aliphatic carbocycles. The smallest absolute Gasteiger partial charge is 0.0875 e. The van der Waals surface area contributed by atoms with Gasteiger partial charge in [0.2, 0.25) is 0 Å². The molecule has 0 saturated carbocycles. The molecule has 62 valence electrons. The van der Waals surface area contributed by atoms with E-state index in [-0.39, 0.29) is 6.61 Å². The Hall–Kier alpha value is -0.640. The number of fused-ring (bicyclic) bond motifs is 1. The number of hydrogen-bond acceptors (Lipinski definition) is 3. The molecule has 1 aromatic heterocycles. The molecule has 0 bridgehead atoms. The van der Waals surface area contributed by atoms with Crippen molar-refractivity contribution in [3.05, 3.63) is 28.9 Å². The van der Waals surface area contributed by atoms with Gasteiger partial charge in [-0.1, -0.05) is 17.7 Å². The van der Waals surface area contributed by atoms with E-state index in [1.165, 1.54) is 11.5 Å². The number of aliphatic hydroxyl groups excluding tert-OH is 1. The standard InChI is InChI=1S/C8H6ClNOS/c9-5-1-2-6-7(4-11)10-12-8(6)3-5/h1-3,11H,4H2. The maximum atomic E-state index is 8.90. The van der Waals surface area contributed by atoms with E-state index in [9.17, 15) is 0 Å². The summed E-state index contributed by atoms with van der Waals surface area (Å²) < 4.78 is 5.11. The first-order valence-corrected chi connectivity index (χ1v) is 4.61. The van der Waals surface area contributed by atoms with Crippen molar-refractivity contribution in [1.29, 1.82) is 0 Å². The number of benzene rings is 1. The molecule has 1 N–H and O–H groups in total. The Bertz CT molecular complexity index is 412. The van der Waals surface area contributed by atoms with Crippen molar-refractivity contribution in [2.45, 2.75) is 6.61 Å². The molecule has 0 amide bonds. The van der Waals surface area contributed by atoms with E-state index in [1.54, 1.807) is 6.07 Å². The van der Waals surface area contributed by atoms with Crippen LogP contribution in [0.5, 0.6) is 0 Å². The molecule has 12 heavy (non-hydrogen) atoms. The van der Waals surface area contributed by atoms with Gasteiger partial charge in [0.25, 0.3) is 0 Å². The fourth-order valence-corrected chi connectivity index (χ4v) is 2.14. The Morgan fingerprint density at radius 1 is 1.50 bits per heavy atom. The Labute approximate surface area is 78.6 Å². The second-order valence-electron chi connectivity index (χ2n) is 2.43. The number of hydrogen-bond donors (Lipinski definition) is 1. The SMILES string of the molecule is OCc1nsc2cc(Cl)ccc12. The molecule has 2 aromatic rings. The number of nitrogens with zero attached hydrogens (tertiary/aromatic N) is 1. The normalized spacial score (nSPS) is 10.8. The number of aliphatic hydroxyl groups is 1. The van der Waals surface area contributed by atoms with Crippen molar-refractivity contribution in [1.82, 2.24) is 4.37 Å². The monoisotopic (exact) mass is 199 g/mol. The van der Waals surface area contributed by atoms with Crippen molar-refractivity contribution in [2.24, 2.45) is 0 Å². The highest BCUT2D eigenvalue weighted by Gasteiger charge is 2.04. The fourth-order valence-electron chi connectivity index (χ4n) is 1.08. The van der Waals surface area contributed by atoms with E-state index >= 15 is 0 Å². The number of aromatic nitrogens is 1. The second-order valence-corrected chi connectivity index (χ2v) is 3.67. The van der Waals surface area contributed by atoms with Gasteiger partial charge in [-0.15, -0.1) is 0 Å². The van der Waals surface area contributed by atoms with E-state index in [2.05, 4.69) is 4.37 Å². The van der Waals surface area contributed by atoms with Crippen LogP contribution in [0.2, 0.25) is 5.02 Å². The van der Waals surface area contributed by atoms with Gasteiger partial charge in [0.15, 0.2) is 0 Å². The zero-order chi connectivity index (χ0) is 8.55. The Morgan fingerprint density at radius 2 is 2.33 bits per heavy atom. The van der Waals surface area contributed by atoms with Gasteiger partial charge in [0.1, 0.15) is 0 Å². The van der Waals surface area contributed by atoms with Crippen molar-refractivity contribution in [2.75, 3.05) is 0 Å². The van der Waals surface area contributed by atoms with E-state index in [4.69, 9.17) is 16.7 Å². The van der Waals surface area contributed by atoms with Gasteiger partial charge in [0.05, 0.1) is 17.0 Å². The Kier molecular flexibility index (Phi) is 2.00. The zero-order valence-electron chi connectivity index (χ0n) is 6.12. The molecule has 0 atom stereocenters. The van der Waals surface area contributed by atoms with Gasteiger partial charge < -0.3 is 5.11 Å². The summed E-state index contributed by atoms with van der Waals surface area (Å²) in [4.78, 5) is 0. The highest BCUT2D eigenvalue weighted by atomic mass is 35.5. The van der Waals surface area contributed by atoms with E-state index in [0.29, 0.717) is 5.02 Å². The molecule has 0 aliphatic heterocycles. The third kappa shape index (κ3) is 1.20. The molecular formula is C8H6ClNOS.